The summed E-state index contributed by atoms with van der Waals surface area (Å²) in [4.78, 5) is 12.5. The Morgan fingerprint density at radius 3 is 2.42 bits per heavy atom. The van der Waals surface area contributed by atoms with E-state index in [0.29, 0.717) is 24.5 Å². The molecule has 0 saturated carbocycles. The third kappa shape index (κ3) is 5.22. The molecule has 19 heavy (non-hydrogen) atoms. The lowest BCUT2D eigenvalue weighted by Gasteiger charge is -2.17. The van der Waals surface area contributed by atoms with Gasteiger partial charge in [0.05, 0.1) is 12.7 Å². The Labute approximate surface area is 118 Å². The first-order valence-electron chi connectivity index (χ1n) is 6.26. The summed E-state index contributed by atoms with van der Waals surface area (Å²) in [5, 5.41) is 0. The van der Waals surface area contributed by atoms with Crippen molar-refractivity contribution < 1.29 is 19.0 Å². The number of carbonyl (C=O) groups excluding carboxylic acids is 1. The number of methoxy groups -OCH3 is 1. The van der Waals surface area contributed by atoms with E-state index in [4.69, 9.17) is 14.2 Å². The van der Waals surface area contributed by atoms with Gasteiger partial charge in [0.25, 0.3) is 0 Å². The summed E-state index contributed by atoms with van der Waals surface area (Å²) in [7, 11) is 1.38. The van der Waals surface area contributed by atoms with Crippen molar-refractivity contribution in [1.29, 1.82) is 0 Å². The van der Waals surface area contributed by atoms with Crippen molar-refractivity contribution in [3.05, 3.63) is 29.8 Å². The van der Waals surface area contributed by atoms with Gasteiger partial charge in [-0.05, 0) is 26.0 Å². The van der Waals surface area contributed by atoms with Crippen LogP contribution in [-0.2, 0) is 14.2 Å². The number of carbonyl (C=O) groups is 1. The van der Waals surface area contributed by atoms with E-state index in [1.54, 1.807) is 6.07 Å². The average molecular weight is 284 g/mol. The van der Waals surface area contributed by atoms with Crippen molar-refractivity contribution in [3.63, 3.8) is 0 Å². The summed E-state index contributed by atoms with van der Waals surface area (Å²) in [5.74, 6) is 0.308. The van der Waals surface area contributed by atoms with E-state index in [1.165, 1.54) is 18.9 Å². The molecule has 0 radical (unpaired) electrons. The van der Waals surface area contributed by atoms with Gasteiger partial charge in [0.1, 0.15) is 0 Å². The SMILES string of the molecule is CCOC(CSc1ccccc1C(=O)OC)OCC. The minimum atomic E-state index is -0.326. The maximum Gasteiger partial charge on any atom is 0.338 e. The molecular formula is C14H20O4S. The van der Waals surface area contributed by atoms with Crippen LogP contribution in [0.15, 0.2) is 29.2 Å². The highest BCUT2D eigenvalue weighted by Gasteiger charge is 2.14. The van der Waals surface area contributed by atoms with Crippen LogP contribution in [0.25, 0.3) is 0 Å². The molecule has 0 fully saturated rings. The molecule has 106 valence electrons. The van der Waals surface area contributed by atoms with Gasteiger partial charge in [-0.3, -0.25) is 0 Å². The molecule has 0 spiro atoms. The molecule has 0 amide bonds. The van der Waals surface area contributed by atoms with E-state index in [2.05, 4.69) is 0 Å². The highest BCUT2D eigenvalue weighted by molar-refractivity contribution is 7.99. The minimum Gasteiger partial charge on any atom is -0.465 e. The second kappa shape index (κ2) is 8.96. The first kappa shape index (κ1) is 16.0. The van der Waals surface area contributed by atoms with Gasteiger partial charge in [-0.1, -0.05) is 12.1 Å². The first-order valence-corrected chi connectivity index (χ1v) is 7.24. The lowest BCUT2D eigenvalue weighted by Crippen LogP contribution is -2.20. The van der Waals surface area contributed by atoms with E-state index in [1.807, 2.05) is 32.0 Å². The number of esters is 1. The molecule has 1 aromatic carbocycles. The Bertz CT molecular complexity index is 389. The summed E-state index contributed by atoms with van der Waals surface area (Å²) in [6.45, 7) is 5.06. The Hall–Kier alpha value is -1.04. The molecule has 0 bridgehead atoms. The van der Waals surface area contributed by atoms with E-state index in [0.717, 1.165) is 4.90 Å². The minimum absolute atomic E-state index is 0.259. The van der Waals surface area contributed by atoms with Crippen LogP contribution in [0.1, 0.15) is 24.2 Å². The van der Waals surface area contributed by atoms with Crippen LogP contribution in [-0.4, -0.2) is 38.3 Å². The monoisotopic (exact) mass is 284 g/mol. The molecule has 0 heterocycles. The van der Waals surface area contributed by atoms with Crippen molar-refractivity contribution in [3.8, 4) is 0 Å². The topological polar surface area (TPSA) is 44.8 Å². The highest BCUT2D eigenvalue weighted by Crippen LogP contribution is 2.24. The third-order valence-corrected chi connectivity index (χ3v) is 3.48. The Morgan fingerprint density at radius 2 is 1.84 bits per heavy atom. The Kier molecular flexibility index (Phi) is 7.55. The van der Waals surface area contributed by atoms with E-state index < -0.39 is 0 Å². The maximum atomic E-state index is 11.6. The van der Waals surface area contributed by atoms with Gasteiger partial charge in [-0.15, -0.1) is 11.8 Å². The number of rotatable bonds is 8. The van der Waals surface area contributed by atoms with Crippen molar-refractivity contribution in [2.75, 3.05) is 26.1 Å². The molecule has 1 aromatic rings. The van der Waals surface area contributed by atoms with Crippen molar-refractivity contribution in [1.82, 2.24) is 0 Å². The predicted octanol–water partition coefficient (Wildman–Crippen LogP) is 2.96. The summed E-state index contributed by atoms with van der Waals surface area (Å²) in [6, 6.07) is 7.36. The molecule has 0 atom stereocenters. The third-order valence-electron chi connectivity index (χ3n) is 2.37. The van der Waals surface area contributed by atoms with Crippen molar-refractivity contribution in [2.45, 2.75) is 25.0 Å². The van der Waals surface area contributed by atoms with Crippen molar-refractivity contribution >= 4 is 17.7 Å². The van der Waals surface area contributed by atoms with E-state index in [-0.39, 0.29) is 12.3 Å². The zero-order valence-electron chi connectivity index (χ0n) is 11.5. The van der Waals surface area contributed by atoms with Gasteiger partial charge in [-0.2, -0.15) is 0 Å². The Morgan fingerprint density at radius 1 is 1.21 bits per heavy atom. The number of hydrogen-bond acceptors (Lipinski definition) is 5. The van der Waals surface area contributed by atoms with Gasteiger partial charge < -0.3 is 14.2 Å². The van der Waals surface area contributed by atoms with E-state index >= 15 is 0 Å². The van der Waals surface area contributed by atoms with Crippen LogP contribution in [0.2, 0.25) is 0 Å². The smallest absolute Gasteiger partial charge is 0.338 e. The zero-order valence-corrected chi connectivity index (χ0v) is 12.4. The van der Waals surface area contributed by atoms with Crippen LogP contribution >= 0.6 is 11.8 Å². The van der Waals surface area contributed by atoms with Gasteiger partial charge in [0.15, 0.2) is 6.29 Å². The number of hydrogen-bond donors (Lipinski definition) is 0. The highest BCUT2D eigenvalue weighted by atomic mass is 32.2. The largest absolute Gasteiger partial charge is 0.465 e. The molecule has 5 heteroatoms. The predicted molar refractivity (Wildman–Crippen MR) is 75.5 cm³/mol. The standard InChI is InChI=1S/C14H20O4S/c1-4-17-13(18-5-2)10-19-12-9-7-6-8-11(12)14(15)16-3/h6-9,13H,4-5,10H2,1-3H3. The molecule has 0 N–H and O–H groups in total. The lowest BCUT2D eigenvalue weighted by molar-refractivity contribution is -0.120. The van der Waals surface area contributed by atoms with E-state index in [9.17, 15) is 4.79 Å². The van der Waals surface area contributed by atoms with Gasteiger partial charge >= 0.3 is 5.97 Å². The zero-order chi connectivity index (χ0) is 14.1. The van der Waals surface area contributed by atoms with Crippen LogP contribution in [0.3, 0.4) is 0 Å². The molecule has 1 rings (SSSR count). The van der Waals surface area contributed by atoms with Gasteiger partial charge in [0, 0.05) is 23.9 Å². The molecule has 0 aliphatic rings. The molecule has 0 aliphatic carbocycles. The maximum absolute atomic E-state index is 11.6. The summed E-state index contributed by atoms with van der Waals surface area (Å²) < 4.78 is 15.7. The summed E-state index contributed by atoms with van der Waals surface area (Å²) >= 11 is 1.53. The van der Waals surface area contributed by atoms with Crippen LogP contribution < -0.4 is 0 Å². The molecule has 4 nitrogen and oxygen atoms in total. The quantitative estimate of drug-likeness (QED) is 0.417. The Balaban J connectivity index is 2.68. The molecular weight excluding hydrogens is 264 g/mol. The fourth-order valence-corrected chi connectivity index (χ4v) is 2.53. The fraction of sp³-hybridized carbons (Fsp3) is 0.500. The second-order valence-corrected chi connectivity index (χ2v) is 4.70. The normalized spacial score (nSPS) is 10.7. The summed E-state index contributed by atoms with van der Waals surface area (Å²) in [6.07, 6.45) is -0.259. The lowest BCUT2D eigenvalue weighted by atomic mass is 10.2. The number of benzene rings is 1. The fourth-order valence-electron chi connectivity index (χ4n) is 1.55. The first-order chi connectivity index (χ1) is 9.22. The molecule has 0 unspecified atom stereocenters. The van der Waals surface area contributed by atoms with Crippen molar-refractivity contribution in [2.24, 2.45) is 0 Å². The molecule has 0 saturated heterocycles. The van der Waals surface area contributed by atoms with Crippen LogP contribution in [0.4, 0.5) is 0 Å². The average Bonchev–Trinajstić information content (AvgIpc) is 2.44. The second-order valence-electron chi connectivity index (χ2n) is 3.64. The van der Waals surface area contributed by atoms with Gasteiger partial charge in [0.2, 0.25) is 0 Å². The molecule has 0 aliphatic heterocycles. The van der Waals surface area contributed by atoms with Gasteiger partial charge in [-0.25, -0.2) is 4.79 Å². The molecule has 0 aromatic heterocycles. The van der Waals surface area contributed by atoms with Crippen LogP contribution in [0, 0.1) is 0 Å². The number of thioether (sulfide) groups is 1. The van der Waals surface area contributed by atoms with Crippen LogP contribution in [0.5, 0.6) is 0 Å². The summed E-state index contributed by atoms with van der Waals surface area (Å²) in [5.41, 5.74) is 0.571. The number of ether oxygens (including phenoxy) is 3.